The molecule has 2 aliphatic rings. The van der Waals surface area contributed by atoms with Crippen molar-refractivity contribution in [3.05, 3.63) is 64.7 Å². The lowest BCUT2D eigenvalue weighted by atomic mass is 9.84. The number of likely N-dealkylation sites (tertiary alicyclic amines) is 1. The van der Waals surface area contributed by atoms with E-state index >= 15 is 0 Å². The molecule has 1 aliphatic carbocycles. The highest BCUT2D eigenvalue weighted by molar-refractivity contribution is 5.34. The van der Waals surface area contributed by atoms with Gasteiger partial charge < -0.3 is 4.74 Å². The summed E-state index contributed by atoms with van der Waals surface area (Å²) in [4.78, 5) is 1.97. The van der Waals surface area contributed by atoms with Gasteiger partial charge in [-0.2, -0.15) is 13.2 Å². The molecule has 2 aromatic rings. The van der Waals surface area contributed by atoms with E-state index in [9.17, 15) is 22.0 Å². The SMILES string of the molecule is CC1(Oc2c(F)cc(C3CCCCC3)cc2F)CN(Cc2ccc(C(F)(F)F)cc2)C1. The van der Waals surface area contributed by atoms with E-state index in [1.54, 1.807) is 6.92 Å². The number of hydrogen-bond acceptors (Lipinski definition) is 2. The number of halogens is 5. The number of benzene rings is 2. The van der Waals surface area contributed by atoms with Gasteiger partial charge in [-0.1, -0.05) is 31.4 Å². The Hall–Kier alpha value is -2.15. The van der Waals surface area contributed by atoms with E-state index in [0.29, 0.717) is 25.2 Å². The molecule has 1 saturated heterocycles. The summed E-state index contributed by atoms with van der Waals surface area (Å²) in [5.41, 5.74) is 0.00425. The number of ether oxygens (including phenoxy) is 1. The highest BCUT2D eigenvalue weighted by atomic mass is 19.4. The van der Waals surface area contributed by atoms with Crippen molar-refractivity contribution in [2.75, 3.05) is 13.1 Å². The first-order chi connectivity index (χ1) is 14.6. The maximum atomic E-state index is 14.7. The fraction of sp³-hybridized carbons (Fsp3) is 0.500. The average molecular weight is 439 g/mol. The van der Waals surface area contributed by atoms with E-state index < -0.39 is 29.0 Å². The molecule has 2 aromatic carbocycles. The third-order valence-electron chi connectivity index (χ3n) is 6.25. The molecule has 168 valence electrons. The second-order valence-corrected chi connectivity index (χ2v) is 9.04. The van der Waals surface area contributed by atoms with Crippen LogP contribution < -0.4 is 4.74 Å². The van der Waals surface area contributed by atoms with E-state index in [1.807, 2.05) is 4.90 Å². The molecule has 1 saturated carbocycles. The van der Waals surface area contributed by atoms with Crippen LogP contribution in [0.5, 0.6) is 5.75 Å². The zero-order chi connectivity index (χ0) is 22.2. The Morgan fingerprint density at radius 3 is 2.10 bits per heavy atom. The molecule has 0 amide bonds. The van der Waals surface area contributed by atoms with E-state index in [1.165, 1.54) is 30.7 Å². The largest absolute Gasteiger partial charge is 0.479 e. The van der Waals surface area contributed by atoms with Crippen molar-refractivity contribution in [1.29, 1.82) is 0 Å². The second kappa shape index (κ2) is 8.41. The Morgan fingerprint density at radius 1 is 0.968 bits per heavy atom. The summed E-state index contributed by atoms with van der Waals surface area (Å²) < 4.78 is 73.1. The van der Waals surface area contributed by atoms with Crippen LogP contribution in [0.4, 0.5) is 22.0 Å². The second-order valence-electron chi connectivity index (χ2n) is 9.04. The van der Waals surface area contributed by atoms with E-state index in [4.69, 9.17) is 4.74 Å². The van der Waals surface area contributed by atoms with Crippen LogP contribution in [0.15, 0.2) is 36.4 Å². The smallest absolute Gasteiger partial charge is 0.416 e. The Balaban J connectivity index is 1.36. The Kier molecular flexibility index (Phi) is 5.99. The first-order valence-electron chi connectivity index (χ1n) is 10.7. The molecule has 4 rings (SSSR count). The van der Waals surface area contributed by atoms with Gasteiger partial charge in [0.15, 0.2) is 17.4 Å². The van der Waals surface area contributed by atoms with E-state index in [-0.39, 0.29) is 11.7 Å². The molecule has 7 heteroatoms. The first kappa shape index (κ1) is 22.1. The van der Waals surface area contributed by atoms with Crippen LogP contribution >= 0.6 is 0 Å². The van der Waals surface area contributed by atoms with Gasteiger partial charge in [-0.3, -0.25) is 4.90 Å². The van der Waals surface area contributed by atoms with Crippen molar-refractivity contribution >= 4 is 0 Å². The van der Waals surface area contributed by atoms with Crippen molar-refractivity contribution < 1.29 is 26.7 Å². The summed E-state index contributed by atoms with van der Waals surface area (Å²) >= 11 is 0. The number of rotatable bonds is 5. The third kappa shape index (κ3) is 5.03. The van der Waals surface area contributed by atoms with Crippen LogP contribution in [-0.2, 0) is 12.7 Å². The third-order valence-corrected chi connectivity index (χ3v) is 6.25. The molecular formula is C24H26F5NO. The van der Waals surface area contributed by atoms with Gasteiger partial charge in [0, 0.05) is 19.6 Å². The van der Waals surface area contributed by atoms with Crippen LogP contribution in [0.3, 0.4) is 0 Å². The summed E-state index contributed by atoms with van der Waals surface area (Å²) in [5, 5.41) is 0. The van der Waals surface area contributed by atoms with Crippen LogP contribution in [-0.4, -0.2) is 23.6 Å². The van der Waals surface area contributed by atoms with E-state index in [2.05, 4.69) is 0 Å². The quantitative estimate of drug-likeness (QED) is 0.482. The lowest BCUT2D eigenvalue weighted by molar-refractivity contribution is -0.137. The lowest BCUT2D eigenvalue weighted by Crippen LogP contribution is -2.62. The molecule has 31 heavy (non-hydrogen) atoms. The number of nitrogens with zero attached hydrogens (tertiary/aromatic N) is 1. The van der Waals surface area contributed by atoms with Crippen LogP contribution in [0.2, 0.25) is 0 Å². The number of hydrogen-bond donors (Lipinski definition) is 0. The fourth-order valence-electron chi connectivity index (χ4n) is 4.73. The Labute approximate surface area is 179 Å². The zero-order valence-corrected chi connectivity index (χ0v) is 17.4. The van der Waals surface area contributed by atoms with Gasteiger partial charge in [0.05, 0.1) is 5.56 Å². The maximum absolute atomic E-state index is 14.7. The maximum Gasteiger partial charge on any atom is 0.416 e. The fourth-order valence-corrected chi connectivity index (χ4v) is 4.73. The van der Waals surface area contributed by atoms with Crippen molar-refractivity contribution in [3.63, 3.8) is 0 Å². The molecule has 0 atom stereocenters. The highest BCUT2D eigenvalue weighted by Gasteiger charge is 2.42. The highest BCUT2D eigenvalue weighted by Crippen LogP contribution is 2.38. The number of alkyl halides is 3. The molecule has 2 nitrogen and oxygen atoms in total. The monoisotopic (exact) mass is 439 g/mol. The summed E-state index contributed by atoms with van der Waals surface area (Å²) in [5.74, 6) is -1.51. The molecule has 1 aliphatic heterocycles. The minimum absolute atomic E-state index is 0.199. The molecular weight excluding hydrogens is 413 g/mol. The summed E-state index contributed by atoms with van der Waals surface area (Å²) in [6.07, 6.45) is 0.885. The van der Waals surface area contributed by atoms with E-state index in [0.717, 1.165) is 43.4 Å². The predicted molar refractivity (Wildman–Crippen MR) is 108 cm³/mol. The van der Waals surface area contributed by atoms with Gasteiger partial charge in [-0.25, -0.2) is 8.78 Å². The molecule has 0 bridgehead atoms. The summed E-state index contributed by atoms with van der Waals surface area (Å²) in [6, 6.07) is 7.81. The normalized spacial score (nSPS) is 19.8. The van der Waals surface area contributed by atoms with Gasteiger partial charge in [0.2, 0.25) is 0 Å². The Morgan fingerprint density at radius 2 is 1.55 bits per heavy atom. The van der Waals surface area contributed by atoms with Gasteiger partial charge in [0.25, 0.3) is 0 Å². The van der Waals surface area contributed by atoms with Gasteiger partial charge in [-0.15, -0.1) is 0 Å². The Bertz CT molecular complexity index is 890. The van der Waals surface area contributed by atoms with Crippen molar-refractivity contribution in [1.82, 2.24) is 4.90 Å². The predicted octanol–water partition coefficient (Wildman–Crippen LogP) is 6.68. The topological polar surface area (TPSA) is 12.5 Å². The van der Waals surface area contributed by atoms with Crippen LogP contribution in [0.25, 0.3) is 0 Å². The van der Waals surface area contributed by atoms with Gasteiger partial charge >= 0.3 is 6.18 Å². The minimum atomic E-state index is -4.36. The lowest BCUT2D eigenvalue weighted by Gasteiger charge is -2.47. The van der Waals surface area contributed by atoms with Gasteiger partial charge in [-0.05, 0) is 61.1 Å². The standard InChI is InChI=1S/C24H26F5NO/c1-23(14-30(15-23)13-16-7-9-19(10-8-16)24(27,28)29)31-22-20(25)11-18(12-21(22)26)17-5-3-2-4-6-17/h7-12,17H,2-6,13-15H2,1H3. The molecule has 2 fully saturated rings. The average Bonchev–Trinajstić information content (AvgIpc) is 2.70. The van der Waals surface area contributed by atoms with Crippen molar-refractivity contribution in [3.8, 4) is 5.75 Å². The summed E-state index contributed by atoms with van der Waals surface area (Å²) in [7, 11) is 0. The first-order valence-corrected chi connectivity index (χ1v) is 10.7. The molecule has 1 heterocycles. The molecule has 0 unspecified atom stereocenters. The molecule has 0 aromatic heterocycles. The van der Waals surface area contributed by atoms with Crippen molar-refractivity contribution in [2.24, 2.45) is 0 Å². The van der Waals surface area contributed by atoms with Crippen LogP contribution in [0, 0.1) is 11.6 Å². The zero-order valence-electron chi connectivity index (χ0n) is 17.4. The van der Waals surface area contributed by atoms with Gasteiger partial charge in [0.1, 0.15) is 5.60 Å². The molecule has 0 radical (unpaired) electrons. The van der Waals surface area contributed by atoms with Crippen molar-refractivity contribution in [2.45, 2.75) is 63.3 Å². The van der Waals surface area contributed by atoms with Crippen LogP contribution in [0.1, 0.15) is 61.6 Å². The summed E-state index contributed by atoms with van der Waals surface area (Å²) in [6.45, 7) is 3.08. The molecule has 0 N–H and O–H groups in total. The molecule has 0 spiro atoms. The minimum Gasteiger partial charge on any atom is -0.479 e.